The minimum Gasteiger partial charge on any atom is -0.502 e. The molecular formula is C18H24N2O4S. The van der Waals surface area contributed by atoms with Crippen molar-refractivity contribution in [3.8, 4) is 17.2 Å². The topological polar surface area (TPSA) is 71.0 Å². The molecule has 0 fully saturated rings. The number of thiocarbonyl (C=S) groups is 1. The molecule has 0 spiro atoms. The zero-order chi connectivity index (χ0) is 18.7. The lowest BCUT2D eigenvalue weighted by molar-refractivity contribution is -0.114. The number of benzene rings is 1. The highest BCUT2D eigenvalue weighted by atomic mass is 32.1. The molecule has 1 heterocycles. The molecule has 0 aliphatic carbocycles. The summed E-state index contributed by atoms with van der Waals surface area (Å²) >= 11 is 5.49. The van der Waals surface area contributed by atoms with Gasteiger partial charge in [0.1, 0.15) is 0 Å². The summed E-state index contributed by atoms with van der Waals surface area (Å²) in [5.74, 6) is 0.437. The van der Waals surface area contributed by atoms with Crippen LogP contribution in [0.25, 0.3) is 0 Å². The molecule has 7 heteroatoms. The first-order valence-corrected chi connectivity index (χ1v) is 8.51. The number of Topliss-reactive ketones (excluding diaryl/α,β-unsaturated/α-hetero) is 1. The molecule has 136 valence electrons. The Morgan fingerprint density at radius 1 is 1.32 bits per heavy atom. The molecule has 2 N–H and O–H groups in total. The summed E-state index contributed by atoms with van der Waals surface area (Å²) in [7, 11) is 2.93. The maximum absolute atomic E-state index is 12.3. The average molecular weight is 364 g/mol. The van der Waals surface area contributed by atoms with Crippen molar-refractivity contribution in [1.29, 1.82) is 0 Å². The molecule has 0 amide bonds. The van der Waals surface area contributed by atoms with Crippen LogP contribution in [0.3, 0.4) is 0 Å². The Balaban J connectivity index is 2.61. The molecule has 0 saturated carbocycles. The van der Waals surface area contributed by atoms with E-state index in [0.717, 1.165) is 24.2 Å². The molecule has 1 unspecified atom stereocenters. The largest absolute Gasteiger partial charge is 0.502 e. The van der Waals surface area contributed by atoms with Crippen LogP contribution in [-0.4, -0.2) is 41.7 Å². The second-order valence-electron chi connectivity index (χ2n) is 5.86. The number of methoxy groups -OCH3 is 2. The summed E-state index contributed by atoms with van der Waals surface area (Å²) in [5.41, 5.74) is 2.21. The summed E-state index contributed by atoms with van der Waals surface area (Å²) in [4.78, 5) is 14.3. The molecule has 1 aromatic carbocycles. The molecule has 0 saturated heterocycles. The Labute approximate surface area is 153 Å². The van der Waals surface area contributed by atoms with Gasteiger partial charge in [0, 0.05) is 17.8 Å². The van der Waals surface area contributed by atoms with Gasteiger partial charge in [0.15, 0.2) is 22.4 Å². The first kappa shape index (κ1) is 19.1. The van der Waals surface area contributed by atoms with E-state index < -0.39 is 6.04 Å². The number of carbonyl (C=O) groups is 1. The lowest BCUT2D eigenvalue weighted by Gasteiger charge is -2.37. The number of allylic oxidation sites excluding steroid dienone is 1. The molecule has 1 atom stereocenters. The van der Waals surface area contributed by atoms with Gasteiger partial charge in [-0.2, -0.15) is 0 Å². The quantitative estimate of drug-likeness (QED) is 0.752. The number of phenols is 1. The minimum atomic E-state index is -0.429. The van der Waals surface area contributed by atoms with E-state index in [9.17, 15) is 9.90 Å². The maximum atomic E-state index is 12.3. The monoisotopic (exact) mass is 364 g/mol. The van der Waals surface area contributed by atoms with Crippen LogP contribution >= 0.6 is 12.2 Å². The van der Waals surface area contributed by atoms with E-state index >= 15 is 0 Å². The molecule has 2 rings (SSSR count). The highest BCUT2D eigenvalue weighted by Crippen LogP contribution is 2.41. The zero-order valence-electron chi connectivity index (χ0n) is 15.2. The third-order valence-electron chi connectivity index (χ3n) is 4.26. The molecule has 0 radical (unpaired) electrons. The number of carbonyl (C=O) groups excluding carboxylic acids is 1. The lowest BCUT2D eigenvalue weighted by atomic mass is 9.92. The van der Waals surface area contributed by atoms with Gasteiger partial charge in [-0.1, -0.05) is 6.92 Å². The molecule has 0 aromatic heterocycles. The van der Waals surface area contributed by atoms with Crippen LogP contribution in [0.5, 0.6) is 17.2 Å². The van der Waals surface area contributed by atoms with Crippen LogP contribution in [0.4, 0.5) is 0 Å². The van der Waals surface area contributed by atoms with Gasteiger partial charge < -0.3 is 24.8 Å². The number of phenolic OH excluding ortho intramolecular Hbond substituents is 1. The SMILES string of the molecule is CCCN1C(=S)NC(c2cc(OC)c(O)c(OC)c2)C(C(C)=O)=C1C. The fourth-order valence-corrected chi connectivity index (χ4v) is 3.41. The van der Waals surface area contributed by atoms with E-state index in [4.69, 9.17) is 21.7 Å². The van der Waals surface area contributed by atoms with Gasteiger partial charge in [-0.25, -0.2) is 0 Å². The number of aromatic hydroxyl groups is 1. The summed E-state index contributed by atoms with van der Waals surface area (Å²) in [6, 6.07) is 2.94. The number of ether oxygens (including phenoxy) is 2. The van der Waals surface area contributed by atoms with E-state index in [1.165, 1.54) is 14.2 Å². The molecule has 1 aromatic rings. The summed E-state index contributed by atoms with van der Waals surface area (Å²) in [6.07, 6.45) is 0.913. The third kappa shape index (κ3) is 3.56. The molecular weight excluding hydrogens is 340 g/mol. The van der Waals surface area contributed by atoms with E-state index in [2.05, 4.69) is 12.2 Å². The molecule has 1 aliphatic rings. The summed E-state index contributed by atoms with van der Waals surface area (Å²) in [5, 5.41) is 13.9. The fourth-order valence-electron chi connectivity index (χ4n) is 3.06. The number of nitrogens with one attached hydrogen (secondary N) is 1. The standard InChI is InChI=1S/C18H24N2O4S/c1-6-7-20-10(2)15(11(3)21)16(19-18(20)25)12-8-13(23-4)17(22)14(9-12)24-5/h8-9,16,22H,6-7H2,1-5H3,(H,19,25). The third-order valence-corrected chi connectivity index (χ3v) is 4.60. The second-order valence-corrected chi connectivity index (χ2v) is 6.25. The number of ketones is 1. The fraction of sp³-hybridized carbons (Fsp3) is 0.444. The summed E-state index contributed by atoms with van der Waals surface area (Å²) < 4.78 is 10.5. The highest BCUT2D eigenvalue weighted by Gasteiger charge is 2.32. The van der Waals surface area contributed by atoms with Gasteiger partial charge in [-0.3, -0.25) is 4.79 Å². The Kier molecular flexibility index (Phi) is 5.89. The van der Waals surface area contributed by atoms with Gasteiger partial charge >= 0.3 is 0 Å². The summed E-state index contributed by atoms with van der Waals surface area (Å²) in [6.45, 7) is 6.25. The molecule has 1 aliphatic heterocycles. The van der Waals surface area contributed by atoms with Gasteiger partial charge in [0.25, 0.3) is 0 Å². The number of nitrogens with zero attached hydrogens (tertiary/aromatic N) is 1. The van der Waals surface area contributed by atoms with Crippen LogP contribution in [0.2, 0.25) is 0 Å². The van der Waals surface area contributed by atoms with E-state index in [1.54, 1.807) is 19.1 Å². The van der Waals surface area contributed by atoms with Crippen molar-refractivity contribution in [2.75, 3.05) is 20.8 Å². The zero-order valence-corrected chi connectivity index (χ0v) is 16.0. The lowest BCUT2D eigenvalue weighted by Crippen LogP contribution is -2.47. The van der Waals surface area contributed by atoms with Crippen LogP contribution < -0.4 is 14.8 Å². The van der Waals surface area contributed by atoms with Gasteiger partial charge in [0.2, 0.25) is 5.75 Å². The van der Waals surface area contributed by atoms with Crippen molar-refractivity contribution in [2.45, 2.75) is 33.2 Å². The van der Waals surface area contributed by atoms with E-state index in [0.29, 0.717) is 10.7 Å². The van der Waals surface area contributed by atoms with Crippen molar-refractivity contribution in [1.82, 2.24) is 10.2 Å². The first-order valence-electron chi connectivity index (χ1n) is 8.10. The van der Waals surface area contributed by atoms with Crippen LogP contribution in [0, 0.1) is 0 Å². The van der Waals surface area contributed by atoms with Crippen LogP contribution in [0.15, 0.2) is 23.4 Å². The molecule has 6 nitrogen and oxygen atoms in total. The smallest absolute Gasteiger partial charge is 0.200 e. The first-order chi connectivity index (χ1) is 11.8. The predicted octanol–water partition coefficient (Wildman–Crippen LogP) is 2.91. The number of hydrogen-bond donors (Lipinski definition) is 2. The average Bonchev–Trinajstić information content (AvgIpc) is 2.57. The van der Waals surface area contributed by atoms with E-state index in [-0.39, 0.29) is 23.0 Å². The Hall–Kier alpha value is -2.28. The van der Waals surface area contributed by atoms with Crippen molar-refractivity contribution in [3.05, 3.63) is 29.0 Å². The van der Waals surface area contributed by atoms with Crippen LogP contribution in [-0.2, 0) is 4.79 Å². The van der Waals surface area contributed by atoms with Gasteiger partial charge in [-0.05, 0) is 50.2 Å². The number of rotatable bonds is 6. The molecule has 0 bridgehead atoms. The van der Waals surface area contributed by atoms with Gasteiger partial charge in [0.05, 0.1) is 20.3 Å². The second kappa shape index (κ2) is 7.74. The van der Waals surface area contributed by atoms with Crippen molar-refractivity contribution < 1.29 is 19.4 Å². The number of hydrogen-bond acceptors (Lipinski definition) is 5. The molecule has 25 heavy (non-hydrogen) atoms. The predicted molar refractivity (Wildman–Crippen MR) is 100 cm³/mol. The normalized spacial score (nSPS) is 17.4. The van der Waals surface area contributed by atoms with E-state index in [1.807, 2.05) is 11.8 Å². The highest BCUT2D eigenvalue weighted by molar-refractivity contribution is 7.80. The maximum Gasteiger partial charge on any atom is 0.200 e. The van der Waals surface area contributed by atoms with Crippen LogP contribution in [0.1, 0.15) is 38.8 Å². The van der Waals surface area contributed by atoms with Crippen molar-refractivity contribution in [3.63, 3.8) is 0 Å². The van der Waals surface area contributed by atoms with Crippen molar-refractivity contribution in [2.24, 2.45) is 0 Å². The van der Waals surface area contributed by atoms with Gasteiger partial charge in [-0.15, -0.1) is 0 Å². The minimum absolute atomic E-state index is 0.0374. The Bertz CT molecular complexity index is 705. The Morgan fingerprint density at radius 2 is 1.88 bits per heavy atom. The van der Waals surface area contributed by atoms with Crippen molar-refractivity contribution >= 4 is 23.1 Å². The Morgan fingerprint density at radius 3 is 2.32 bits per heavy atom.